The zero-order valence-corrected chi connectivity index (χ0v) is 19.1. The molecule has 0 spiro atoms. The Morgan fingerprint density at radius 1 is 1.19 bits per heavy atom. The first-order valence-corrected chi connectivity index (χ1v) is 11.5. The van der Waals surface area contributed by atoms with E-state index in [-0.39, 0.29) is 12.2 Å². The number of aromatic nitrogens is 1. The Labute approximate surface area is 187 Å². The molecule has 1 aliphatic rings. The molecule has 1 aliphatic heterocycles. The number of hydrogen-bond donors (Lipinski definition) is 0. The standard InChI is InChI=1S/C23H22N2O4S2/c1-14-6-8-16(9-7-14)13-18-21(26)25-20(17-5-4-12-30-17)19(15(2)24-23(25)31-18)22(27)29-11-10-28-3/h4-9,12-13,20H,10-11H2,1-3H3/b18-13-/t20-/m0/s1. The molecule has 0 amide bonds. The van der Waals surface area contributed by atoms with Crippen molar-refractivity contribution in [1.82, 2.24) is 4.57 Å². The maximum absolute atomic E-state index is 13.4. The van der Waals surface area contributed by atoms with Crippen LogP contribution in [0.2, 0.25) is 0 Å². The highest BCUT2D eigenvalue weighted by molar-refractivity contribution is 7.10. The van der Waals surface area contributed by atoms with Gasteiger partial charge in [0, 0.05) is 12.0 Å². The van der Waals surface area contributed by atoms with Gasteiger partial charge < -0.3 is 9.47 Å². The molecule has 160 valence electrons. The van der Waals surface area contributed by atoms with Gasteiger partial charge in [0.15, 0.2) is 4.80 Å². The molecule has 31 heavy (non-hydrogen) atoms. The summed E-state index contributed by atoms with van der Waals surface area (Å²) in [6.07, 6.45) is 1.87. The van der Waals surface area contributed by atoms with Gasteiger partial charge in [0.05, 0.1) is 22.4 Å². The SMILES string of the molecule is COCCOC(=O)C1=C(C)N=c2s/c(=C\c3ccc(C)cc3)c(=O)n2[C@H]1c1cccs1. The van der Waals surface area contributed by atoms with E-state index >= 15 is 0 Å². The largest absolute Gasteiger partial charge is 0.460 e. The fourth-order valence-corrected chi connectivity index (χ4v) is 5.28. The van der Waals surface area contributed by atoms with Crippen molar-refractivity contribution in [3.63, 3.8) is 0 Å². The Morgan fingerprint density at radius 3 is 2.65 bits per heavy atom. The second-order valence-corrected chi connectivity index (χ2v) is 9.12. The highest BCUT2D eigenvalue weighted by Gasteiger charge is 2.33. The highest BCUT2D eigenvalue weighted by atomic mass is 32.1. The molecule has 2 aromatic heterocycles. The van der Waals surface area contributed by atoms with Crippen molar-refractivity contribution in [2.24, 2.45) is 4.99 Å². The number of rotatable bonds is 6. The van der Waals surface area contributed by atoms with E-state index in [2.05, 4.69) is 4.99 Å². The third kappa shape index (κ3) is 4.32. The predicted octanol–water partition coefficient (Wildman–Crippen LogP) is 2.79. The van der Waals surface area contributed by atoms with Crippen LogP contribution < -0.4 is 14.9 Å². The van der Waals surface area contributed by atoms with Crippen LogP contribution in [0.1, 0.15) is 29.0 Å². The molecular formula is C23H22N2O4S2. The van der Waals surface area contributed by atoms with Crippen molar-refractivity contribution in [1.29, 1.82) is 0 Å². The number of ether oxygens (including phenoxy) is 2. The van der Waals surface area contributed by atoms with Crippen LogP contribution in [0.25, 0.3) is 6.08 Å². The number of thiophene rings is 1. The lowest BCUT2D eigenvalue weighted by molar-refractivity contribution is -0.140. The van der Waals surface area contributed by atoms with E-state index in [1.54, 1.807) is 18.6 Å². The number of carbonyl (C=O) groups is 1. The molecule has 3 aromatic rings. The minimum atomic E-state index is -0.563. The van der Waals surface area contributed by atoms with E-state index in [1.165, 1.54) is 22.7 Å². The van der Waals surface area contributed by atoms with E-state index < -0.39 is 12.0 Å². The Morgan fingerprint density at radius 2 is 1.97 bits per heavy atom. The Bertz CT molecular complexity index is 1300. The van der Waals surface area contributed by atoms with E-state index in [1.807, 2.05) is 54.8 Å². The molecule has 0 saturated carbocycles. The number of thiazole rings is 1. The topological polar surface area (TPSA) is 69.9 Å². The number of fused-ring (bicyclic) bond motifs is 1. The number of aryl methyl sites for hydroxylation is 1. The van der Waals surface area contributed by atoms with Crippen LogP contribution >= 0.6 is 22.7 Å². The van der Waals surface area contributed by atoms with Gasteiger partial charge >= 0.3 is 5.97 Å². The molecule has 0 bridgehead atoms. The van der Waals surface area contributed by atoms with E-state index in [4.69, 9.17) is 9.47 Å². The summed E-state index contributed by atoms with van der Waals surface area (Å²) in [5, 5.41) is 1.93. The maximum atomic E-state index is 13.4. The molecule has 0 fully saturated rings. The van der Waals surface area contributed by atoms with Crippen molar-refractivity contribution in [2.75, 3.05) is 20.3 Å². The predicted molar refractivity (Wildman–Crippen MR) is 122 cm³/mol. The van der Waals surface area contributed by atoms with Crippen LogP contribution in [0, 0.1) is 6.92 Å². The van der Waals surface area contributed by atoms with Crippen molar-refractivity contribution >= 4 is 34.7 Å². The van der Waals surface area contributed by atoms with Crippen LogP contribution in [0.3, 0.4) is 0 Å². The molecule has 0 unspecified atom stereocenters. The van der Waals surface area contributed by atoms with Crippen LogP contribution in [-0.2, 0) is 14.3 Å². The smallest absolute Gasteiger partial charge is 0.338 e. The van der Waals surface area contributed by atoms with Gasteiger partial charge in [-0.3, -0.25) is 9.36 Å². The molecule has 1 aromatic carbocycles. The van der Waals surface area contributed by atoms with Gasteiger partial charge in [0.2, 0.25) is 0 Å². The average Bonchev–Trinajstić information content (AvgIpc) is 3.38. The van der Waals surface area contributed by atoms with Crippen LogP contribution in [0.4, 0.5) is 0 Å². The van der Waals surface area contributed by atoms with Gasteiger partial charge in [0.25, 0.3) is 5.56 Å². The summed E-state index contributed by atoms with van der Waals surface area (Å²) >= 11 is 2.82. The number of hydrogen-bond acceptors (Lipinski definition) is 7. The summed E-state index contributed by atoms with van der Waals surface area (Å²) in [5.41, 5.74) is 2.87. The van der Waals surface area contributed by atoms with Gasteiger partial charge in [-0.2, -0.15) is 0 Å². The first kappa shape index (κ1) is 21.4. The molecule has 0 radical (unpaired) electrons. The quantitative estimate of drug-likeness (QED) is 0.424. The normalized spacial score (nSPS) is 16.2. The number of nitrogens with zero attached hydrogens (tertiary/aromatic N) is 2. The van der Waals surface area contributed by atoms with E-state index in [9.17, 15) is 9.59 Å². The fourth-order valence-electron chi connectivity index (χ4n) is 3.41. The van der Waals surface area contributed by atoms with Gasteiger partial charge in [-0.15, -0.1) is 11.3 Å². The summed E-state index contributed by atoms with van der Waals surface area (Å²) in [6.45, 7) is 4.25. The summed E-state index contributed by atoms with van der Waals surface area (Å²) in [5.74, 6) is -0.482. The molecule has 0 aliphatic carbocycles. The third-order valence-electron chi connectivity index (χ3n) is 4.95. The Balaban J connectivity index is 1.84. The van der Waals surface area contributed by atoms with Crippen LogP contribution in [0.15, 0.2) is 62.8 Å². The minimum Gasteiger partial charge on any atom is -0.460 e. The van der Waals surface area contributed by atoms with E-state index in [0.717, 1.165) is 16.0 Å². The van der Waals surface area contributed by atoms with Crippen molar-refractivity contribution in [2.45, 2.75) is 19.9 Å². The molecule has 3 heterocycles. The number of benzene rings is 1. The second kappa shape index (κ2) is 9.13. The molecule has 8 heteroatoms. The average molecular weight is 455 g/mol. The van der Waals surface area contributed by atoms with Crippen molar-refractivity contribution in [3.05, 3.63) is 88.7 Å². The fraction of sp³-hybridized carbons (Fsp3) is 0.261. The monoisotopic (exact) mass is 454 g/mol. The third-order valence-corrected chi connectivity index (χ3v) is 6.86. The first-order chi connectivity index (χ1) is 15.0. The molecule has 1 atom stereocenters. The lowest BCUT2D eigenvalue weighted by atomic mass is 10.0. The lowest BCUT2D eigenvalue weighted by Crippen LogP contribution is -2.39. The van der Waals surface area contributed by atoms with Gasteiger partial charge in [-0.05, 0) is 36.9 Å². The lowest BCUT2D eigenvalue weighted by Gasteiger charge is -2.23. The molecule has 0 N–H and O–H groups in total. The molecule has 0 saturated heterocycles. The zero-order chi connectivity index (χ0) is 22.0. The van der Waals surface area contributed by atoms with Gasteiger partial charge in [-0.25, -0.2) is 9.79 Å². The van der Waals surface area contributed by atoms with Crippen molar-refractivity contribution < 1.29 is 14.3 Å². The van der Waals surface area contributed by atoms with Gasteiger partial charge in [-0.1, -0.05) is 47.2 Å². The summed E-state index contributed by atoms with van der Waals surface area (Å²) < 4.78 is 12.6. The van der Waals surface area contributed by atoms with Crippen LogP contribution in [-0.4, -0.2) is 30.9 Å². The molecular weight excluding hydrogens is 432 g/mol. The Hall–Kier alpha value is -2.81. The van der Waals surface area contributed by atoms with Gasteiger partial charge in [0.1, 0.15) is 12.6 Å². The zero-order valence-electron chi connectivity index (χ0n) is 17.5. The molecule has 4 rings (SSSR count). The maximum Gasteiger partial charge on any atom is 0.338 e. The Kier molecular flexibility index (Phi) is 6.31. The summed E-state index contributed by atoms with van der Waals surface area (Å²) in [6, 6.07) is 11.2. The number of esters is 1. The number of carbonyl (C=O) groups excluding carboxylic acids is 1. The molecule has 6 nitrogen and oxygen atoms in total. The highest BCUT2D eigenvalue weighted by Crippen LogP contribution is 2.33. The number of methoxy groups -OCH3 is 1. The van der Waals surface area contributed by atoms with Crippen molar-refractivity contribution in [3.8, 4) is 0 Å². The van der Waals surface area contributed by atoms with Crippen LogP contribution in [0.5, 0.6) is 0 Å². The second-order valence-electron chi connectivity index (χ2n) is 7.14. The summed E-state index contributed by atoms with van der Waals surface area (Å²) in [4.78, 5) is 32.4. The van der Waals surface area contributed by atoms with E-state index in [0.29, 0.717) is 27.2 Å². The summed E-state index contributed by atoms with van der Waals surface area (Å²) in [7, 11) is 1.55. The minimum absolute atomic E-state index is 0.140. The number of allylic oxidation sites excluding steroid dienone is 1. The first-order valence-electron chi connectivity index (χ1n) is 9.78.